The number of carboxylic acids is 1. The van der Waals surface area contributed by atoms with Crippen molar-refractivity contribution in [3.63, 3.8) is 0 Å². The third kappa shape index (κ3) is 3.79. The molecule has 1 saturated carbocycles. The molecule has 1 heterocycles. The molecule has 1 aliphatic carbocycles. The molecule has 0 aromatic heterocycles. The number of carbonyl (C=O) groups is 2. The molecule has 3 atom stereocenters. The van der Waals surface area contributed by atoms with Gasteiger partial charge < -0.3 is 20.1 Å². The van der Waals surface area contributed by atoms with Crippen LogP contribution < -0.4 is 5.32 Å². The van der Waals surface area contributed by atoms with E-state index < -0.39 is 12.1 Å². The molecule has 2 N–H and O–H groups in total. The quantitative estimate of drug-likeness (QED) is 0.818. The fourth-order valence-electron chi connectivity index (χ4n) is 2.78. The van der Waals surface area contributed by atoms with Crippen LogP contribution in [0.2, 0.25) is 0 Å². The summed E-state index contributed by atoms with van der Waals surface area (Å²) in [4.78, 5) is 24.7. The monoisotopic (exact) mass is 302 g/mol. The molecule has 1 saturated heterocycles. The number of ether oxygens (including phenoxy) is 1. The van der Waals surface area contributed by atoms with E-state index in [1.165, 1.54) is 6.42 Å². The fourth-order valence-corrected chi connectivity index (χ4v) is 3.71. The topological polar surface area (TPSA) is 78.9 Å². The highest BCUT2D eigenvalue weighted by molar-refractivity contribution is 7.99. The van der Waals surface area contributed by atoms with Crippen molar-refractivity contribution in [1.82, 2.24) is 10.2 Å². The molecule has 6 nitrogen and oxygen atoms in total. The Bertz CT molecular complexity index is 366. The Labute approximate surface area is 123 Å². The molecular formula is C13H22N2O4S. The third-order valence-corrected chi connectivity index (χ3v) is 5.11. The molecule has 0 spiro atoms. The molecule has 0 radical (unpaired) electrons. The van der Waals surface area contributed by atoms with Gasteiger partial charge >= 0.3 is 12.0 Å². The van der Waals surface area contributed by atoms with Crippen molar-refractivity contribution in [2.75, 3.05) is 26.0 Å². The lowest BCUT2D eigenvalue weighted by Gasteiger charge is -2.35. The first-order valence-electron chi connectivity index (χ1n) is 7.04. The van der Waals surface area contributed by atoms with E-state index >= 15 is 0 Å². The maximum absolute atomic E-state index is 12.3. The minimum absolute atomic E-state index is 0.123. The molecule has 2 rings (SSSR count). The highest BCUT2D eigenvalue weighted by Crippen LogP contribution is 2.27. The summed E-state index contributed by atoms with van der Waals surface area (Å²) in [5.74, 6) is -1.01. The molecule has 0 aromatic rings. The van der Waals surface area contributed by atoms with Crippen LogP contribution in [0.1, 0.15) is 25.7 Å². The molecule has 3 unspecified atom stereocenters. The van der Waals surface area contributed by atoms with Gasteiger partial charge in [0.1, 0.15) is 0 Å². The predicted octanol–water partition coefficient (Wildman–Crippen LogP) is 1.16. The van der Waals surface area contributed by atoms with Gasteiger partial charge in [-0.3, -0.25) is 0 Å². The molecule has 0 aromatic carbocycles. The number of carbonyl (C=O) groups excluding carboxylic acids is 1. The summed E-state index contributed by atoms with van der Waals surface area (Å²) in [7, 11) is 0. The number of rotatable bonds is 3. The summed E-state index contributed by atoms with van der Waals surface area (Å²) in [6.45, 7) is 0.852. The molecule has 2 amide bonds. The molecule has 2 aliphatic rings. The highest BCUT2D eigenvalue weighted by Gasteiger charge is 2.32. The number of hydrogen-bond acceptors (Lipinski definition) is 4. The summed E-state index contributed by atoms with van der Waals surface area (Å²) in [6.07, 6.45) is 5.66. The van der Waals surface area contributed by atoms with Crippen molar-refractivity contribution < 1.29 is 19.4 Å². The Kier molecular flexibility index (Phi) is 5.54. The van der Waals surface area contributed by atoms with Crippen LogP contribution in [0.4, 0.5) is 4.79 Å². The SMILES string of the molecule is CSC1CCCCC1NC(=O)N1CCOC(C(=O)O)C1. The van der Waals surface area contributed by atoms with Crippen molar-refractivity contribution in [1.29, 1.82) is 0 Å². The maximum Gasteiger partial charge on any atom is 0.334 e. The smallest absolute Gasteiger partial charge is 0.334 e. The number of carboxylic acid groups (broad SMARTS) is 1. The number of nitrogens with zero attached hydrogens (tertiary/aromatic N) is 1. The van der Waals surface area contributed by atoms with Gasteiger partial charge in [0.2, 0.25) is 0 Å². The highest BCUT2D eigenvalue weighted by atomic mass is 32.2. The van der Waals surface area contributed by atoms with Gasteiger partial charge in [0.05, 0.1) is 13.2 Å². The molecular weight excluding hydrogens is 280 g/mol. The summed E-state index contributed by atoms with van der Waals surface area (Å²) >= 11 is 1.80. The van der Waals surface area contributed by atoms with E-state index in [1.54, 1.807) is 16.7 Å². The molecule has 0 bridgehead atoms. The lowest BCUT2D eigenvalue weighted by atomic mass is 9.95. The van der Waals surface area contributed by atoms with Crippen LogP contribution in [0, 0.1) is 0 Å². The number of aliphatic carboxylic acids is 1. The molecule has 7 heteroatoms. The Morgan fingerprint density at radius 3 is 2.80 bits per heavy atom. The van der Waals surface area contributed by atoms with Gasteiger partial charge in [-0.2, -0.15) is 11.8 Å². The molecule has 114 valence electrons. The van der Waals surface area contributed by atoms with Crippen LogP contribution in [0.25, 0.3) is 0 Å². The first-order valence-corrected chi connectivity index (χ1v) is 8.33. The van der Waals surface area contributed by atoms with Crippen molar-refractivity contribution in [3.8, 4) is 0 Å². The minimum Gasteiger partial charge on any atom is -0.479 e. The van der Waals surface area contributed by atoms with Gasteiger partial charge in [-0.15, -0.1) is 0 Å². The van der Waals surface area contributed by atoms with E-state index in [9.17, 15) is 9.59 Å². The largest absolute Gasteiger partial charge is 0.479 e. The van der Waals surface area contributed by atoms with Gasteiger partial charge in [-0.05, 0) is 19.1 Å². The Hall–Kier alpha value is -0.950. The van der Waals surface area contributed by atoms with Crippen LogP contribution in [0.15, 0.2) is 0 Å². The average molecular weight is 302 g/mol. The number of morpholine rings is 1. The zero-order valence-corrected chi connectivity index (χ0v) is 12.5. The zero-order valence-electron chi connectivity index (χ0n) is 11.7. The summed E-state index contributed by atoms with van der Waals surface area (Å²) < 4.78 is 5.13. The minimum atomic E-state index is -1.01. The summed E-state index contributed by atoms with van der Waals surface area (Å²) in [6, 6.07) is 0.0304. The van der Waals surface area contributed by atoms with Gasteiger partial charge in [0, 0.05) is 17.8 Å². The lowest BCUT2D eigenvalue weighted by molar-refractivity contribution is -0.154. The van der Waals surface area contributed by atoms with Crippen LogP contribution in [-0.2, 0) is 9.53 Å². The number of thioether (sulfide) groups is 1. The van der Waals surface area contributed by atoms with Crippen LogP contribution in [0.5, 0.6) is 0 Å². The van der Waals surface area contributed by atoms with Gasteiger partial charge in [0.25, 0.3) is 0 Å². The van der Waals surface area contributed by atoms with Crippen LogP contribution in [0.3, 0.4) is 0 Å². The zero-order chi connectivity index (χ0) is 14.5. The first kappa shape index (κ1) is 15.4. The predicted molar refractivity (Wildman–Crippen MR) is 77.0 cm³/mol. The molecule has 2 fully saturated rings. The standard InChI is InChI=1S/C13H22N2O4S/c1-20-11-5-3-2-4-9(11)14-13(18)15-6-7-19-10(8-15)12(16)17/h9-11H,2-8H2,1H3,(H,14,18)(H,16,17). The number of urea groups is 1. The second kappa shape index (κ2) is 7.17. The normalized spacial score (nSPS) is 30.9. The summed E-state index contributed by atoms with van der Waals surface area (Å²) in [5, 5.41) is 12.5. The number of hydrogen-bond donors (Lipinski definition) is 2. The Balaban J connectivity index is 1.88. The van der Waals surface area contributed by atoms with Gasteiger partial charge in [-0.1, -0.05) is 12.8 Å². The Morgan fingerprint density at radius 2 is 2.10 bits per heavy atom. The first-order chi connectivity index (χ1) is 9.61. The fraction of sp³-hybridized carbons (Fsp3) is 0.846. The van der Waals surface area contributed by atoms with Crippen molar-refractivity contribution in [2.45, 2.75) is 43.1 Å². The average Bonchev–Trinajstić information content (AvgIpc) is 2.48. The van der Waals surface area contributed by atoms with Crippen LogP contribution in [-0.4, -0.2) is 65.4 Å². The number of amides is 2. The molecule has 1 aliphatic heterocycles. The maximum atomic E-state index is 12.3. The summed E-state index contributed by atoms with van der Waals surface area (Å²) in [5.41, 5.74) is 0. The second-order valence-corrected chi connectivity index (χ2v) is 6.34. The van der Waals surface area contributed by atoms with Crippen LogP contribution >= 0.6 is 11.8 Å². The Morgan fingerprint density at radius 1 is 1.35 bits per heavy atom. The second-order valence-electron chi connectivity index (χ2n) is 5.26. The van der Waals surface area contributed by atoms with Crippen molar-refractivity contribution >= 4 is 23.8 Å². The van der Waals surface area contributed by atoms with Crippen molar-refractivity contribution in [2.24, 2.45) is 0 Å². The lowest BCUT2D eigenvalue weighted by Crippen LogP contribution is -2.55. The van der Waals surface area contributed by atoms with E-state index in [4.69, 9.17) is 9.84 Å². The number of nitrogens with one attached hydrogen (secondary N) is 1. The van der Waals surface area contributed by atoms with E-state index in [0.29, 0.717) is 11.8 Å². The van der Waals surface area contributed by atoms with Gasteiger partial charge in [-0.25, -0.2) is 9.59 Å². The van der Waals surface area contributed by atoms with E-state index in [1.807, 2.05) is 0 Å². The van der Waals surface area contributed by atoms with E-state index in [0.717, 1.165) is 19.3 Å². The molecule has 20 heavy (non-hydrogen) atoms. The van der Waals surface area contributed by atoms with E-state index in [-0.39, 0.29) is 25.2 Å². The van der Waals surface area contributed by atoms with Crippen molar-refractivity contribution in [3.05, 3.63) is 0 Å². The van der Waals surface area contributed by atoms with Gasteiger partial charge in [0.15, 0.2) is 6.10 Å². The van der Waals surface area contributed by atoms with E-state index in [2.05, 4.69) is 11.6 Å². The third-order valence-electron chi connectivity index (χ3n) is 3.94.